The van der Waals surface area contributed by atoms with Crippen LogP contribution in [0.3, 0.4) is 0 Å². The number of anilines is 2. The van der Waals surface area contributed by atoms with Gasteiger partial charge in [-0.2, -0.15) is 5.26 Å². The summed E-state index contributed by atoms with van der Waals surface area (Å²) in [7, 11) is 0. The van der Waals surface area contributed by atoms with Gasteiger partial charge in [-0.15, -0.1) is 0 Å². The molecule has 44 heavy (non-hydrogen) atoms. The molecule has 1 aliphatic heterocycles. The fourth-order valence-electron chi connectivity index (χ4n) is 6.35. The molecule has 1 aromatic carbocycles. The summed E-state index contributed by atoms with van der Waals surface area (Å²) in [6.07, 6.45) is 10.0. The van der Waals surface area contributed by atoms with Crippen LogP contribution >= 0.6 is 0 Å². The van der Waals surface area contributed by atoms with Crippen LogP contribution in [0.1, 0.15) is 67.8 Å². The quantitative estimate of drug-likeness (QED) is 0.231. The van der Waals surface area contributed by atoms with Crippen LogP contribution in [0.4, 0.5) is 20.4 Å². The molecular formula is C32H36F2N8O2. The van der Waals surface area contributed by atoms with Gasteiger partial charge < -0.3 is 31.5 Å². The normalized spacial score (nSPS) is 23.2. The van der Waals surface area contributed by atoms with Crippen molar-refractivity contribution in [3.8, 4) is 6.07 Å². The van der Waals surface area contributed by atoms with Gasteiger partial charge >= 0.3 is 0 Å². The molecule has 1 saturated carbocycles. The number of carbonyl (C=O) groups is 1. The molecule has 2 aromatic heterocycles. The van der Waals surface area contributed by atoms with E-state index in [2.05, 4.69) is 38.6 Å². The van der Waals surface area contributed by atoms with Crippen molar-refractivity contribution < 1.29 is 18.3 Å². The Morgan fingerprint density at radius 3 is 2.64 bits per heavy atom. The summed E-state index contributed by atoms with van der Waals surface area (Å²) >= 11 is 0. The molecule has 10 nitrogen and oxygen atoms in total. The van der Waals surface area contributed by atoms with Crippen molar-refractivity contribution in [2.45, 2.75) is 62.9 Å². The van der Waals surface area contributed by atoms with Gasteiger partial charge in [-0.25, -0.2) is 13.8 Å². The number of hydrogen-bond acceptors (Lipinski definition) is 8. The zero-order valence-corrected chi connectivity index (χ0v) is 24.7. The van der Waals surface area contributed by atoms with E-state index in [1.807, 2.05) is 6.07 Å². The third-order valence-corrected chi connectivity index (χ3v) is 8.65. The fourth-order valence-corrected chi connectivity index (χ4v) is 6.35. The van der Waals surface area contributed by atoms with Crippen molar-refractivity contribution in [2.24, 2.45) is 11.7 Å². The Morgan fingerprint density at radius 1 is 1.25 bits per heavy atom. The summed E-state index contributed by atoms with van der Waals surface area (Å²) in [5.41, 5.74) is 7.19. The molecule has 6 N–H and O–H groups in total. The van der Waals surface area contributed by atoms with E-state index in [1.165, 1.54) is 25.3 Å². The lowest BCUT2D eigenvalue weighted by molar-refractivity contribution is -0.120. The first kappa shape index (κ1) is 31.0. The van der Waals surface area contributed by atoms with Gasteiger partial charge in [-0.3, -0.25) is 9.78 Å². The number of rotatable bonds is 8. The van der Waals surface area contributed by atoms with Gasteiger partial charge in [0.1, 0.15) is 11.6 Å². The van der Waals surface area contributed by atoms with Crippen molar-refractivity contribution in [3.63, 3.8) is 0 Å². The Hall–Kier alpha value is -4.47. The summed E-state index contributed by atoms with van der Waals surface area (Å²) in [6, 6.07) is 6.20. The highest BCUT2D eigenvalue weighted by molar-refractivity contribution is 6.09. The van der Waals surface area contributed by atoms with Crippen molar-refractivity contribution in [1.82, 2.24) is 20.3 Å². The number of aromatic amines is 1. The molecule has 0 spiro atoms. The minimum absolute atomic E-state index is 0.0822. The van der Waals surface area contributed by atoms with E-state index in [0.717, 1.165) is 29.8 Å². The first-order valence-electron chi connectivity index (χ1n) is 14.6. The fraction of sp³-hybridized carbons (Fsp3) is 0.406. The zero-order valence-electron chi connectivity index (χ0n) is 24.7. The van der Waals surface area contributed by atoms with E-state index >= 15 is 8.78 Å². The Bertz CT molecular complexity index is 1570. The number of H-pyrrole nitrogens is 1. The van der Waals surface area contributed by atoms with Crippen LogP contribution in [0.25, 0.3) is 6.08 Å². The molecule has 5 rings (SSSR count). The second-order valence-corrected chi connectivity index (χ2v) is 11.7. The molecule has 2 fully saturated rings. The van der Waals surface area contributed by atoms with Gasteiger partial charge in [0.2, 0.25) is 11.9 Å². The maximum absolute atomic E-state index is 15.1. The van der Waals surface area contributed by atoms with Crippen LogP contribution in [-0.2, 0) is 14.9 Å². The summed E-state index contributed by atoms with van der Waals surface area (Å²) < 4.78 is 35.5. The number of nitrogens with one attached hydrogen (secondary N) is 4. The lowest BCUT2D eigenvalue weighted by Crippen LogP contribution is -2.54. The van der Waals surface area contributed by atoms with E-state index in [-0.39, 0.29) is 41.1 Å². The summed E-state index contributed by atoms with van der Waals surface area (Å²) in [5.74, 6) is -1.12. The van der Waals surface area contributed by atoms with Crippen molar-refractivity contribution in [1.29, 1.82) is 10.7 Å². The highest BCUT2D eigenvalue weighted by Gasteiger charge is 2.37. The van der Waals surface area contributed by atoms with Crippen molar-refractivity contribution >= 4 is 29.3 Å². The van der Waals surface area contributed by atoms with Crippen LogP contribution in [0.5, 0.6) is 0 Å². The van der Waals surface area contributed by atoms with Gasteiger partial charge in [0.25, 0.3) is 0 Å². The average Bonchev–Trinajstić information content (AvgIpc) is 3.45. The van der Waals surface area contributed by atoms with Crippen molar-refractivity contribution in [2.75, 3.05) is 18.5 Å². The number of amides is 1. The third kappa shape index (κ3) is 6.54. The molecule has 4 atom stereocenters. The molecule has 1 saturated heterocycles. The Balaban J connectivity index is 1.28. The minimum atomic E-state index is -1.01. The molecular weight excluding hydrogens is 566 g/mol. The van der Waals surface area contributed by atoms with E-state index < -0.39 is 22.6 Å². The molecule has 2 aliphatic rings. The predicted octanol–water partition coefficient (Wildman–Crippen LogP) is 4.83. The number of nitriles is 1. The number of imidazole rings is 1. The number of benzene rings is 1. The van der Waals surface area contributed by atoms with Crippen LogP contribution in [0, 0.1) is 34.3 Å². The number of halogens is 2. The summed E-state index contributed by atoms with van der Waals surface area (Å²) in [6.45, 7) is 4.27. The molecule has 12 heteroatoms. The minimum Gasteiger partial charge on any atom is -0.381 e. The van der Waals surface area contributed by atoms with Gasteiger partial charge in [0.05, 0.1) is 46.5 Å². The zero-order chi connectivity index (χ0) is 31.4. The van der Waals surface area contributed by atoms with E-state index in [4.69, 9.17) is 15.9 Å². The van der Waals surface area contributed by atoms with Crippen LogP contribution in [0.2, 0.25) is 0 Å². The molecule has 3 heterocycles. The highest BCUT2D eigenvalue weighted by atomic mass is 19.1. The lowest BCUT2D eigenvalue weighted by Gasteiger charge is -2.39. The number of ether oxygens (including phenoxy) is 1. The monoisotopic (exact) mass is 602 g/mol. The molecule has 1 amide bonds. The smallest absolute Gasteiger partial charge is 0.217 e. The molecule has 1 aliphatic carbocycles. The van der Waals surface area contributed by atoms with E-state index in [0.29, 0.717) is 44.1 Å². The second-order valence-electron chi connectivity index (χ2n) is 11.7. The number of allylic oxidation sites excluding steroid dienone is 1. The number of aromatic nitrogens is 3. The summed E-state index contributed by atoms with van der Waals surface area (Å²) in [5, 5.41) is 24.3. The van der Waals surface area contributed by atoms with Gasteiger partial charge in [-0.05, 0) is 79.0 Å². The third-order valence-electron chi connectivity index (χ3n) is 8.65. The standard InChI is InChI=1S/C32H36F2N8O2/c1-18-11-20(12-27(37)30(18)40-19(2)43)23-5-8-38-16-28(23)42-31-39-15-22(41-31)3-4-26(36)29-24(33)13-21(14-25(29)34)32(17-35)6-9-44-10-7-32/h3-5,8,13-16,18,20,27,30,36H,6-7,9-12,37H2,1-2H3,(H,40,43)(H2,39,41,42)/b4-3-,36-26?/t18-,20+,27+,30-/m0/s1. The molecule has 0 unspecified atom stereocenters. The number of nitrogens with zero attached hydrogens (tertiary/aromatic N) is 3. The Morgan fingerprint density at radius 2 is 1.98 bits per heavy atom. The number of hydrogen-bond donors (Lipinski definition) is 5. The first-order valence-corrected chi connectivity index (χ1v) is 14.6. The number of nitrogens with two attached hydrogens (primary N) is 1. The number of carbonyl (C=O) groups excluding carboxylic acids is 1. The molecule has 0 radical (unpaired) electrons. The molecule has 0 bridgehead atoms. The van der Waals surface area contributed by atoms with Crippen LogP contribution < -0.4 is 16.4 Å². The Labute approximate surface area is 254 Å². The largest absolute Gasteiger partial charge is 0.381 e. The van der Waals surface area contributed by atoms with Gasteiger partial charge in [-0.1, -0.05) is 6.92 Å². The predicted molar refractivity (Wildman–Crippen MR) is 162 cm³/mol. The first-order chi connectivity index (χ1) is 21.1. The topological polar surface area (TPSA) is 166 Å². The second kappa shape index (κ2) is 13.0. The highest BCUT2D eigenvalue weighted by Crippen LogP contribution is 2.39. The number of pyridine rings is 1. The van der Waals surface area contributed by atoms with Crippen LogP contribution in [0.15, 0.2) is 42.9 Å². The van der Waals surface area contributed by atoms with Crippen LogP contribution in [-0.4, -0.2) is 51.9 Å². The lowest BCUT2D eigenvalue weighted by atomic mass is 9.73. The molecule has 3 aromatic rings. The van der Waals surface area contributed by atoms with Gasteiger partial charge in [0, 0.05) is 38.4 Å². The van der Waals surface area contributed by atoms with E-state index in [1.54, 1.807) is 12.4 Å². The Kier molecular flexibility index (Phi) is 9.17. The van der Waals surface area contributed by atoms with Crippen molar-refractivity contribution in [3.05, 3.63) is 76.9 Å². The maximum Gasteiger partial charge on any atom is 0.217 e. The maximum atomic E-state index is 15.1. The summed E-state index contributed by atoms with van der Waals surface area (Å²) in [4.78, 5) is 23.3. The average molecular weight is 603 g/mol. The van der Waals surface area contributed by atoms with Gasteiger partial charge in [0.15, 0.2) is 0 Å². The SMILES string of the molecule is CC(=O)N[C@@H]1[C@H](N)C[C@H](c2ccncc2Nc2ncc(/C=C\C(=N)c3c(F)cc(C4(C#N)CCOCC4)cc3F)[nH]2)C[C@@H]1C. The van der Waals surface area contributed by atoms with E-state index in [9.17, 15) is 10.1 Å². The molecule has 230 valence electrons.